The number of hydrogen-bond acceptors (Lipinski definition) is 10. The molecule has 2 rings (SSSR count). The van der Waals surface area contributed by atoms with Gasteiger partial charge in [0.15, 0.2) is 17.8 Å². The van der Waals surface area contributed by atoms with Gasteiger partial charge in [-0.15, -0.1) is 0 Å². The van der Waals surface area contributed by atoms with Crippen LogP contribution in [0.15, 0.2) is 12.7 Å². The minimum absolute atomic E-state index is 0.0689. The quantitative estimate of drug-likeness (QED) is 0.502. The Morgan fingerprint density at radius 1 is 1.03 bits per heavy atom. The highest BCUT2D eigenvalue weighted by molar-refractivity contribution is 7.54. The number of hydrogen-bond donors (Lipinski definition) is 1. The molecule has 0 aliphatic heterocycles. The molecule has 166 valence electrons. The number of carbonyl (C=O) groups excluding carboxylic acids is 2. The molecule has 0 aliphatic rings. The predicted molar refractivity (Wildman–Crippen MR) is 109 cm³/mol. The third-order valence-corrected chi connectivity index (χ3v) is 5.21. The number of carbonyl (C=O) groups is 2. The van der Waals surface area contributed by atoms with Gasteiger partial charge in [0.2, 0.25) is 0 Å². The molecule has 0 aromatic carbocycles. The van der Waals surface area contributed by atoms with Gasteiger partial charge >= 0.3 is 19.5 Å². The van der Waals surface area contributed by atoms with Gasteiger partial charge in [-0.1, -0.05) is 0 Å². The van der Waals surface area contributed by atoms with Crippen molar-refractivity contribution in [2.75, 3.05) is 18.7 Å². The van der Waals surface area contributed by atoms with E-state index < -0.39 is 36.7 Å². The van der Waals surface area contributed by atoms with E-state index in [0.717, 1.165) is 0 Å². The molecule has 0 saturated carbocycles. The standard InChI is InChI=1S/C18H28N5O6P/c1-17(2,3)15(24)28-30(26,29-16(25)18(4,5)6)11-27-8-7-23-10-22-12-13(19)20-9-21-14(12)23/h9-10H,7-8,11H2,1-6H3,(H2,19,20,21). The lowest BCUT2D eigenvalue weighted by atomic mass is 9.98. The summed E-state index contributed by atoms with van der Waals surface area (Å²) < 4.78 is 30.4. The van der Waals surface area contributed by atoms with Crippen LogP contribution >= 0.6 is 7.60 Å². The Hall–Kier alpha value is -2.52. The van der Waals surface area contributed by atoms with Crippen LogP contribution in [0.3, 0.4) is 0 Å². The van der Waals surface area contributed by atoms with Crippen molar-refractivity contribution in [2.24, 2.45) is 10.8 Å². The summed E-state index contributed by atoms with van der Waals surface area (Å²) in [6.45, 7) is 9.97. The van der Waals surface area contributed by atoms with Crippen LogP contribution < -0.4 is 5.73 Å². The third-order valence-electron chi connectivity index (χ3n) is 3.82. The molecule has 0 atom stereocenters. The number of nitrogens with two attached hydrogens (primary N) is 1. The second kappa shape index (κ2) is 8.69. The first-order valence-corrected chi connectivity index (χ1v) is 11.0. The van der Waals surface area contributed by atoms with Gasteiger partial charge in [0.05, 0.1) is 23.8 Å². The third kappa shape index (κ3) is 5.99. The van der Waals surface area contributed by atoms with Gasteiger partial charge < -0.3 is 24.1 Å². The summed E-state index contributed by atoms with van der Waals surface area (Å²) in [5.74, 6) is -1.26. The van der Waals surface area contributed by atoms with Crippen molar-refractivity contribution in [2.45, 2.75) is 48.1 Å². The smallest absolute Gasteiger partial charge is 0.382 e. The van der Waals surface area contributed by atoms with Crippen LogP contribution in [0.1, 0.15) is 41.5 Å². The van der Waals surface area contributed by atoms with Crippen molar-refractivity contribution in [1.82, 2.24) is 19.5 Å². The fraction of sp³-hybridized carbons (Fsp3) is 0.611. The normalized spacial score (nSPS) is 12.7. The second-order valence-electron chi connectivity index (χ2n) is 8.77. The number of nitrogens with zero attached hydrogens (tertiary/aromatic N) is 4. The molecule has 0 unspecified atom stereocenters. The molecule has 11 nitrogen and oxygen atoms in total. The zero-order valence-electron chi connectivity index (χ0n) is 18.0. The Bertz CT molecular complexity index is 944. The van der Waals surface area contributed by atoms with Crippen molar-refractivity contribution in [1.29, 1.82) is 0 Å². The monoisotopic (exact) mass is 441 g/mol. The molecule has 0 spiro atoms. The number of ether oxygens (including phenoxy) is 1. The summed E-state index contributed by atoms with van der Waals surface area (Å²) in [5.41, 5.74) is 4.87. The maximum atomic E-state index is 13.1. The molecule has 2 heterocycles. The minimum atomic E-state index is -4.18. The molecule has 0 bridgehead atoms. The van der Waals surface area contributed by atoms with Crippen LogP contribution in [-0.2, 0) is 34.5 Å². The van der Waals surface area contributed by atoms with E-state index in [2.05, 4.69) is 15.0 Å². The number of imidazole rings is 1. The Morgan fingerprint density at radius 2 is 1.60 bits per heavy atom. The first-order chi connectivity index (χ1) is 13.7. The molecule has 12 heteroatoms. The summed E-state index contributed by atoms with van der Waals surface area (Å²) >= 11 is 0. The number of fused-ring (bicyclic) bond motifs is 1. The minimum Gasteiger partial charge on any atom is -0.382 e. The summed E-state index contributed by atoms with van der Waals surface area (Å²) in [6, 6.07) is 0. The van der Waals surface area contributed by atoms with Gasteiger partial charge in [-0.2, -0.15) is 0 Å². The van der Waals surface area contributed by atoms with Crippen LogP contribution in [0, 0.1) is 10.8 Å². The molecule has 0 fully saturated rings. The number of anilines is 1. The lowest BCUT2D eigenvalue weighted by molar-refractivity contribution is -0.148. The van der Waals surface area contributed by atoms with Crippen molar-refractivity contribution < 1.29 is 27.9 Å². The Balaban J connectivity index is 2.06. The first-order valence-electron chi connectivity index (χ1n) is 9.29. The Morgan fingerprint density at radius 3 is 2.13 bits per heavy atom. The van der Waals surface area contributed by atoms with E-state index in [1.54, 1.807) is 46.1 Å². The van der Waals surface area contributed by atoms with E-state index in [9.17, 15) is 14.2 Å². The molecule has 2 aromatic heterocycles. The summed E-state index contributed by atoms with van der Waals surface area (Å²) in [6.07, 6.45) is 2.28. The summed E-state index contributed by atoms with van der Waals surface area (Å²) in [4.78, 5) is 36.6. The highest BCUT2D eigenvalue weighted by Gasteiger charge is 2.40. The van der Waals surface area contributed by atoms with Gasteiger partial charge in [-0.25, -0.2) is 19.5 Å². The van der Waals surface area contributed by atoms with Gasteiger partial charge in [0.25, 0.3) is 0 Å². The van der Waals surface area contributed by atoms with Crippen molar-refractivity contribution >= 4 is 36.5 Å². The van der Waals surface area contributed by atoms with Crippen LogP contribution in [0.2, 0.25) is 0 Å². The zero-order valence-corrected chi connectivity index (χ0v) is 18.9. The molecule has 0 aliphatic carbocycles. The van der Waals surface area contributed by atoms with E-state index in [1.807, 2.05) is 0 Å². The van der Waals surface area contributed by atoms with E-state index in [4.69, 9.17) is 19.5 Å². The van der Waals surface area contributed by atoms with Crippen LogP contribution in [0.4, 0.5) is 5.82 Å². The highest BCUT2D eigenvalue weighted by Crippen LogP contribution is 2.51. The highest BCUT2D eigenvalue weighted by atomic mass is 31.2. The maximum Gasteiger partial charge on any atom is 0.460 e. The SMILES string of the molecule is CC(C)(C)C(=O)OP(=O)(COCCn1cnc2c(N)ncnc21)OC(=O)C(C)(C)C. The second-order valence-corrected chi connectivity index (χ2v) is 10.6. The topological polar surface area (TPSA) is 149 Å². The molecule has 30 heavy (non-hydrogen) atoms. The number of nitrogen functional groups attached to an aromatic ring is 1. The largest absolute Gasteiger partial charge is 0.460 e. The molecular formula is C18H28N5O6P. The van der Waals surface area contributed by atoms with E-state index >= 15 is 0 Å². The first kappa shape index (κ1) is 23.8. The summed E-state index contributed by atoms with van der Waals surface area (Å²) in [7, 11) is -4.18. The fourth-order valence-corrected chi connectivity index (χ4v) is 3.55. The predicted octanol–water partition coefficient (Wildman–Crippen LogP) is 2.75. The molecule has 0 amide bonds. The van der Waals surface area contributed by atoms with E-state index in [1.165, 1.54) is 12.7 Å². The van der Waals surface area contributed by atoms with E-state index in [-0.39, 0.29) is 12.4 Å². The van der Waals surface area contributed by atoms with Crippen molar-refractivity contribution in [3.05, 3.63) is 12.7 Å². The Kier molecular flexibility index (Phi) is 6.88. The van der Waals surface area contributed by atoms with Crippen LogP contribution in [-0.4, -0.2) is 44.4 Å². The zero-order chi connectivity index (χ0) is 22.7. The van der Waals surface area contributed by atoms with Crippen molar-refractivity contribution in [3.8, 4) is 0 Å². The van der Waals surface area contributed by atoms with Gasteiger partial charge in [-0.3, -0.25) is 9.59 Å². The average Bonchev–Trinajstić information content (AvgIpc) is 3.01. The fourth-order valence-electron chi connectivity index (χ4n) is 2.00. The number of rotatable bonds is 7. The molecule has 2 N–H and O–H groups in total. The maximum absolute atomic E-state index is 13.1. The van der Waals surface area contributed by atoms with E-state index in [0.29, 0.717) is 17.7 Å². The summed E-state index contributed by atoms with van der Waals surface area (Å²) in [5, 5.41) is 0. The lowest BCUT2D eigenvalue weighted by Crippen LogP contribution is -2.27. The average molecular weight is 441 g/mol. The molecular weight excluding hydrogens is 413 g/mol. The van der Waals surface area contributed by atoms with Crippen LogP contribution in [0.5, 0.6) is 0 Å². The Labute approximate surface area is 174 Å². The molecule has 0 saturated heterocycles. The van der Waals surface area contributed by atoms with Crippen molar-refractivity contribution in [3.63, 3.8) is 0 Å². The lowest BCUT2D eigenvalue weighted by Gasteiger charge is -2.25. The number of aromatic nitrogens is 4. The molecule has 2 aromatic rings. The molecule has 0 radical (unpaired) electrons. The van der Waals surface area contributed by atoms with Gasteiger partial charge in [0, 0.05) is 6.54 Å². The van der Waals surface area contributed by atoms with Gasteiger partial charge in [-0.05, 0) is 41.5 Å². The van der Waals surface area contributed by atoms with Gasteiger partial charge in [0.1, 0.15) is 11.8 Å². The van der Waals surface area contributed by atoms with Crippen LogP contribution in [0.25, 0.3) is 11.2 Å².